The van der Waals surface area contributed by atoms with Gasteiger partial charge in [0.25, 0.3) is 0 Å². The number of hydrogen-bond donors (Lipinski definition) is 0. The molecule has 0 atom stereocenters. The van der Waals surface area contributed by atoms with Gasteiger partial charge >= 0.3 is 0 Å². The van der Waals surface area contributed by atoms with Gasteiger partial charge in [0, 0.05) is 19.5 Å². The maximum atomic E-state index is 5.01. The Bertz CT molecular complexity index is 190. The SMILES string of the molecule is COc1ccccc1OC.[Zn]. The third kappa shape index (κ3) is 2.51. The van der Waals surface area contributed by atoms with Gasteiger partial charge in [0.2, 0.25) is 0 Å². The summed E-state index contributed by atoms with van der Waals surface area (Å²) >= 11 is 0. The Balaban J connectivity index is 0.000001000. The standard InChI is InChI=1S/C8H10O2.Zn/c1-9-7-5-3-4-6-8(7)10-2;/h3-6H,1-2H3;. The van der Waals surface area contributed by atoms with Crippen LogP contribution in [0.1, 0.15) is 0 Å². The minimum absolute atomic E-state index is 0. The van der Waals surface area contributed by atoms with E-state index in [1.54, 1.807) is 14.2 Å². The van der Waals surface area contributed by atoms with Gasteiger partial charge in [-0.3, -0.25) is 0 Å². The van der Waals surface area contributed by atoms with Crippen molar-refractivity contribution in [3.63, 3.8) is 0 Å². The third-order valence-electron chi connectivity index (χ3n) is 1.29. The van der Waals surface area contributed by atoms with Gasteiger partial charge in [0.1, 0.15) is 0 Å². The number of benzene rings is 1. The molecule has 2 nitrogen and oxygen atoms in total. The smallest absolute Gasteiger partial charge is 0.160 e. The first-order chi connectivity index (χ1) is 4.88. The molecule has 0 fully saturated rings. The van der Waals surface area contributed by atoms with Gasteiger partial charge in [0.15, 0.2) is 11.5 Å². The molecule has 1 aromatic carbocycles. The van der Waals surface area contributed by atoms with Crippen LogP contribution in [0.25, 0.3) is 0 Å². The summed E-state index contributed by atoms with van der Waals surface area (Å²) in [5.41, 5.74) is 0. The minimum atomic E-state index is 0. The Morgan fingerprint density at radius 1 is 0.909 bits per heavy atom. The second-order valence-corrected chi connectivity index (χ2v) is 1.85. The van der Waals surface area contributed by atoms with Crippen LogP contribution in [0.5, 0.6) is 11.5 Å². The molecule has 0 aromatic heterocycles. The van der Waals surface area contributed by atoms with Gasteiger partial charge in [-0.15, -0.1) is 0 Å². The summed E-state index contributed by atoms with van der Waals surface area (Å²) in [6.07, 6.45) is 0. The van der Waals surface area contributed by atoms with E-state index in [-0.39, 0.29) is 19.5 Å². The Kier molecular flexibility index (Phi) is 4.88. The van der Waals surface area contributed by atoms with Crippen molar-refractivity contribution in [1.29, 1.82) is 0 Å². The molecular weight excluding hydrogens is 193 g/mol. The zero-order valence-electron chi connectivity index (χ0n) is 6.83. The third-order valence-corrected chi connectivity index (χ3v) is 1.29. The van der Waals surface area contributed by atoms with E-state index in [0.717, 1.165) is 11.5 Å². The van der Waals surface area contributed by atoms with Gasteiger partial charge in [-0.1, -0.05) is 12.1 Å². The fraction of sp³-hybridized carbons (Fsp3) is 0.250. The van der Waals surface area contributed by atoms with Crippen molar-refractivity contribution in [2.45, 2.75) is 0 Å². The molecule has 0 saturated carbocycles. The van der Waals surface area contributed by atoms with Crippen LogP contribution in [-0.4, -0.2) is 14.2 Å². The normalized spacial score (nSPS) is 8.18. The average Bonchev–Trinajstić information content (AvgIpc) is 2.04. The topological polar surface area (TPSA) is 18.5 Å². The van der Waals surface area contributed by atoms with E-state index in [1.165, 1.54) is 0 Å². The fourth-order valence-electron chi connectivity index (χ4n) is 0.787. The van der Waals surface area contributed by atoms with Crippen LogP contribution in [0.15, 0.2) is 24.3 Å². The van der Waals surface area contributed by atoms with Crippen molar-refractivity contribution in [2.75, 3.05) is 14.2 Å². The molecular formula is C8H10O2Zn. The van der Waals surface area contributed by atoms with Crippen LogP contribution in [-0.2, 0) is 19.5 Å². The number of hydrogen-bond acceptors (Lipinski definition) is 2. The van der Waals surface area contributed by atoms with Gasteiger partial charge in [-0.2, -0.15) is 0 Å². The van der Waals surface area contributed by atoms with E-state index < -0.39 is 0 Å². The van der Waals surface area contributed by atoms with Crippen molar-refractivity contribution in [3.05, 3.63) is 24.3 Å². The minimum Gasteiger partial charge on any atom is -0.493 e. The summed E-state index contributed by atoms with van der Waals surface area (Å²) in [5.74, 6) is 1.54. The zero-order chi connectivity index (χ0) is 7.40. The molecule has 0 radical (unpaired) electrons. The van der Waals surface area contributed by atoms with Gasteiger partial charge in [-0.05, 0) is 12.1 Å². The molecule has 56 valence electrons. The second-order valence-electron chi connectivity index (χ2n) is 1.85. The molecule has 0 saturated heterocycles. The van der Waals surface area contributed by atoms with Crippen LogP contribution in [0.2, 0.25) is 0 Å². The molecule has 1 aromatic rings. The van der Waals surface area contributed by atoms with Crippen molar-refractivity contribution in [1.82, 2.24) is 0 Å². The summed E-state index contributed by atoms with van der Waals surface area (Å²) in [5, 5.41) is 0. The molecule has 0 aliphatic carbocycles. The monoisotopic (exact) mass is 202 g/mol. The number of rotatable bonds is 2. The van der Waals surface area contributed by atoms with Gasteiger partial charge in [-0.25, -0.2) is 0 Å². The van der Waals surface area contributed by atoms with E-state index in [2.05, 4.69) is 0 Å². The van der Waals surface area contributed by atoms with Crippen LogP contribution in [0.3, 0.4) is 0 Å². The summed E-state index contributed by atoms with van der Waals surface area (Å²) in [7, 11) is 3.25. The molecule has 3 heteroatoms. The second kappa shape index (κ2) is 5.14. The van der Waals surface area contributed by atoms with Gasteiger partial charge < -0.3 is 9.47 Å². The van der Waals surface area contributed by atoms with Crippen LogP contribution < -0.4 is 9.47 Å². The van der Waals surface area contributed by atoms with Gasteiger partial charge in [0.05, 0.1) is 14.2 Å². The fourth-order valence-corrected chi connectivity index (χ4v) is 0.787. The van der Waals surface area contributed by atoms with E-state index in [4.69, 9.17) is 9.47 Å². The first-order valence-corrected chi connectivity index (χ1v) is 3.05. The molecule has 0 spiro atoms. The number of ether oxygens (including phenoxy) is 2. The Labute approximate surface area is 79.3 Å². The largest absolute Gasteiger partial charge is 0.493 e. The maximum absolute atomic E-state index is 5.01. The first-order valence-electron chi connectivity index (χ1n) is 3.05. The summed E-state index contributed by atoms with van der Waals surface area (Å²) < 4.78 is 10.0. The molecule has 0 aliphatic heterocycles. The van der Waals surface area contributed by atoms with E-state index in [9.17, 15) is 0 Å². The van der Waals surface area contributed by atoms with Crippen molar-refractivity contribution in [3.8, 4) is 11.5 Å². The quantitative estimate of drug-likeness (QED) is 0.682. The zero-order valence-corrected chi connectivity index (χ0v) is 9.80. The Hall–Kier alpha value is -0.557. The van der Waals surface area contributed by atoms with Crippen LogP contribution >= 0.6 is 0 Å². The summed E-state index contributed by atoms with van der Waals surface area (Å²) in [6, 6.07) is 7.53. The molecule has 11 heavy (non-hydrogen) atoms. The maximum Gasteiger partial charge on any atom is 0.160 e. The Morgan fingerprint density at radius 2 is 1.27 bits per heavy atom. The molecule has 0 unspecified atom stereocenters. The predicted molar refractivity (Wildman–Crippen MR) is 39.5 cm³/mol. The molecule has 0 amide bonds. The van der Waals surface area contributed by atoms with E-state index >= 15 is 0 Å². The van der Waals surface area contributed by atoms with Crippen molar-refractivity contribution in [2.24, 2.45) is 0 Å². The van der Waals surface area contributed by atoms with Crippen LogP contribution in [0.4, 0.5) is 0 Å². The Morgan fingerprint density at radius 3 is 1.55 bits per heavy atom. The average molecular weight is 204 g/mol. The van der Waals surface area contributed by atoms with E-state index in [0.29, 0.717) is 0 Å². The molecule has 0 aliphatic rings. The van der Waals surface area contributed by atoms with Crippen LogP contribution in [0, 0.1) is 0 Å². The molecule has 0 bridgehead atoms. The van der Waals surface area contributed by atoms with Crippen molar-refractivity contribution >= 4 is 0 Å². The molecule has 0 heterocycles. The first kappa shape index (κ1) is 10.4. The molecule has 0 N–H and O–H groups in total. The summed E-state index contributed by atoms with van der Waals surface area (Å²) in [6.45, 7) is 0. The van der Waals surface area contributed by atoms with E-state index in [1.807, 2.05) is 24.3 Å². The molecule has 1 rings (SSSR count). The number of methoxy groups -OCH3 is 2. The van der Waals surface area contributed by atoms with Crippen molar-refractivity contribution < 1.29 is 29.0 Å². The summed E-state index contributed by atoms with van der Waals surface area (Å²) in [4.78, 5) is 0. The predicted octanol–water partition coefficient (Wildman–Crippen LogP) is 1.70. The number of para-hydroxylation sites is 2.